The lowest BCUT2D eigenvalue weighted by Gasteiger charge is -2.38. The minimum atomic E-state index is -0.739. The average molecular weight is 531 g/mol. The molecule has 2 aromatic heterocycles. The van der Waals surface area contributed by atoms with Crippen molar-refractivity contribution in [2.45, 2.75) is 19.4 Å². The van der Waals surface area contributed by atoms with Crippen LogP contribution in [0.4, 0.5) is 27.4 Å². The molecule has 3 heterocycles. The fourth-order valence-corrected chi connectivity index (χ4v) is 4.62. The van der Waals surface area contributed by atoms with E-state index in [1.54, 1.807) is 49.1 Å². The molecular formula is C28H31FN8O2. The van der Waals surface area contributed by atoms with Crippen LogP contribution < -0.4 is 15.5 Å². The fraction of sp³-hybridized carbons (Fsp3) is 0.286. The van der Waals surface area contributed by atoms with Crippen molar-refractivity contribution in [1.29, 1.82) is 0 Å². The minimum Gasteiger partial charge on any atom is -0.389 e. The van der Waals surface area contributed by atoms with Gasteiger partial charge in [0.1, 0.15) is 17.7 Å². The van der Waals surface area contributed by atoms with Crippen molar-refractivity contribution in [2.24, 2.45) is 0 Å². The van der Waals surface area contributed by atoms with Gasteiger partial charge in [-0.15, -0.1) is 0 Å². The third-order valence-electron chi connectivity index (χ3n) is 6.41. The molecule has 0 atom stereocenters. The smallest absolute Gasteiger partial charge is 0.247 e. The molecule has 2 aromatic carbocycles. The Balaban J connectivity index is 1.31. The summed E-state index contributed by atoms with van der Waals surface area (Å²) in [6, 6.07) is 12.3. The predicted molar refractivity (Wildman–Crippen MR) is 150 cm³/mol. The van der Waals surface area contributed by atoms with E-state index < -0.39 is 11.4 Å². The first-order valence-corrected chi connectivity index (χ1v) is 12.7. The number of halogens is 1. The molecule has 3 N–H and O–H groups in total. The highest BCUT2D eigenvalue weighted by Crippen LogP contribution is 2.26. The van der Waals surface area contributed by atoms with Crippen LogP contribution in [0.25, 0.3) is 16.9 Å². The molecule has 0 aliphatic carbocycles. The summed E-state index contributed by atoms with van der Waals surface area (Å²) in [6.45, 7) is 10.8. The van der Waals surface area contributed by atoms with Gasteiger partial charge in [-0.25, -0.2) is 14.4 Å². The number of anilines is 4. The van der Waals surface area contributed by atoms with Gasteiger partial charge in [-0.2, -0.15) is 4.98 Å². The van der Waals surface area contributed by atoms with Crippen molar-refractivity contribution < 1.29 is 14.3 Å². The maximum Gasteiger partial charge on any atom is 0.247 e. The van der Waals surface area contributed by atoms with Gasteiger partial charge in [0.15, 0.2) is 5.65 Å². The van der Waals surface area contributed by atoms with Crippen LogP contribution in [0, 0.1) is 5.82 Å². The number of rotatable bonds is 8. The molecule has 0 saturated carbocycles. The zero-order valence-corrected chi connectivity index (χ0v) is 21.9. The Hall–Kier alpha value is -4.35. The maximum atomic E-state index is 15.1. The van der Waals surface area contributed by atoms with E-state index in [9.17, 15) is 9.90 Å². The Bertz CT molecular complexity index is 1510. The van der Waals surface area contributed by atoms with Crippen LogP contribution in [0.1, 0.15) is 13.8 Å². The third kappa shape index (κ3) is 6.21. The molecule has 1 saturated heterocycles. The van der Waals surface area contributed by atoms with Crippen molar-refractivity contribution in [3.63, 3.8) is 0 Å². The van der Waals surface area contributed by atoms with Crippen molar-refractivity contribution in [3.8, 4) is 5.69 Å². The molecule has 4 aromatic rings. The molecular weight excluding hydrogens is 499 g/mol. The molecule has 0 radical (unpaired) electrons. The minimum absolute atomic E-state index is 0.229. The van der Waals surface area contributed by atoms with Gasteiger partial charge in [0.25, 0.3) is 0 Å². The van der Waals surface area contributed by atoms with E-state index in [0.29, 0.717) is 23.4 Å². The first kappa shape index (κ1) is 26.3. The van der Waals surface area contributed by atoms with E-state index in [-0.39, 0.29) is 17.5 Å². The van der Waals surface area contributed by atoms with Gasteiger partial charge in [-0.1, -0.05) is 12.6 Å². The standard InChI is InChI=1S/C28H31FN8O2/c1-4-25(38)32-19-6-5-7-21(14-19)37-18-31-24-16-30-27(34-26(24)37)33-23-9-8-20(15-22(23)29)36-12-10-35(11-13-36)17-28(2,3)39/h4-9,14-16,18,39H,1,10-13,17H2,2-3H3,(H,32,38)(H,30,33,34). The number of hydrogen-bond donors (Lipinski definition) is 3. The molecule has 39 heavy (non-hydrogen) atoms. The highest BCUT2D eigenvalue weighted by Gasteiger charge is 2.23. The van der Waals surface area contributed by atoms with Gasteiger partial charge in [0.2, 0.25) is 11.9 Å². The SMILES string of the molecule is C=CC(=O)Nc1cccc(-n2cnc3cnc(Nc4ccc(N5CCN(CC(C)(C)O)CC5)cc4F)nc32)c1. The highest BCUT2D eigenvalue weighted by molar-refractivity contribution is 5.99. The van der Waals surface area contributed by atoms with Gasteiger partial charge >= 0.3 is 0 Å². The van der Waals surface area contributed by atoms with E-state index in [1.165, 1.54) is 12.1 Å². The number of hydrogen-bond acceptors (Lipinski definition) is 8. The van der Waals surface area contributed by atoms with Crippen LogP contribution >= 0.6 is 0 Å². The molecule has 11 heteroatoms. The van der Waals surface area contributed by atoms with Crippen LogP contribution in [0.5, 0.6) is 0 Å². The summed E-state index contributed by atoms with van der Waals surface area (Å²) in [5, 5.41) is 15.8. The second-order valence-electron chi connectivity index (χ2n) is 10.1. The van der Waals surface area contributed by atoms with E-state index in [0.717, 1.165) is 37.6 Å². The first-order valence-electron chi connectivity index (χ1n) is 12.7. The lowest BCUT2D eigenvalue weighted by molar-refractivity contribution is -0.111. The van der Waals surface area contributed by atoms with Crippen LogP contribution in [0.3, 0.4) is 0 Å². The number of β-amino-alcohol motifs (C(OH)–C–C–N with tert-alkyl or cyclic N) is 1. The number of piperazine rings is 1. The topological polar surface area (TPSA) is 111 Å². The van der Waals surface area contributed by atoms with Crippen LogP contribution in [-0.4, -0.2) is 73.8 Å². The van der Waals surface area contributed by atoms with Crippen molar-refractivity contribution in [1.82, 2.24) is 24.4 Å². The van der Waals surface area contributed by atoms with Gasteiger partial charge in [0.05, 0.1) is 23.2 Å². The van der Waals surface area contributed by atoms with Crippen LogP contribution in [0.15, 0.2) is 67.6 Å². The number of benzene rings is 2. The Labute approximate surface area is 225 Å². The Morgan fingerprint density at radius 2 is 1.92 bits per heavy atom. The van der Waals surface area contributed by atoms with Gasteiger partial charge < -0.3 is 20.6 Å². The number of imidazole rings is 1. The second-order valence-corrected chi connectivity index (χ2v) is 10.1. The second kappa shape index (κ2) is 10.8. The summed E-state index contributed by atoms with van der Waals surface area (Å²) in [4.78, 5) is 29.3. The molecule has 1 amide bonds. The average Bonchev–Trinajstić information content (AvgIpc) is 3.33. The van der Waals surface area contributed by atoms with Gasteiger partial charge in [0, 0.05) is 44.1 Å². The molecule has 1 aliphatic rings. The fourth-order valence-electron chi connectivity index (χ4n) is 4.62. The molecule has 1 aliphatic heterocycles. The van der Waals surface area contributed by atoms with Crippen LogP contribution in [0.2, 0.25) is 0 Å². The normalized spacial score (nSPS) is 14.4. The molecule has 0 unspecified atom stereocenters. The first-order chi connectivity index (χ1) is 18.7. The third-order valence-corrected chi connectivity index (χ3v) is 6.41. The van der Waals surface area contributed by atoms with Crippen molar-refractivity contribution >= 4 is 40.1 Å². The van der Waals surface area contributed by atoms with E-state index >= 15 is 4.39 Å². The monoisotopic (exact) mass is 530 g/mol. The summed E-state index contributed by atoms with van der Waals surface area (Å²) in [7, 11) is 0. The van der Waals surface area contributed by atoms with Gasteiger partial charge in [-0.3, -0.25) is 14.3 Å². The lowest BCUT2D eigenvalue weighted by Crippen LogP contribution is -2.50. The zero-order valence-electron chi connectivity index (χ0n) is 21.9. The number of amides is 1. The van der Waals surface area contributed by atoms with E-state index in [4.69, 9.17) is 0 Å². The summed E-state index contributed by atoms with van der Waals surface area (Å²) in [5.74, 6) is -0.487. The summed E-state index contributed by atoms with van der Waals surface area (Å²) < 4.78 is 16.9. The zero-order chi connectivity index (χ0) is 27.6. The Morgan fingerprint density at radius 1 is 1.13 bits per heavy atom. The lowest BCUT2D eigenvalue weighted by atomic mass is 10.1. The van der Waals surface area contributed by atoms with E-state index in [2.05, 4.69) is 42.0 Å². The molecule has 0 spiro atoms. The van der Waals surface area contributed by atoms with Crippen molar-refractivity contribution in [2.75, 3.05) is 48.3 Å². The number of fused-ring (bicyclic) bond motifs is 1. The number of aromatic nitrogens is 4. The summed E-state index contributed by atoms with van der Waals surface area (Å²) in [5.41, 5.74) is 2.77. The van der Waals surface area contributed by atoms with Gasteiger partial charge in [-0.05, 0) is 56.3 Å². The summed E-state index contributed by atoms with van der Waals surface area (Å²) in [6.07, 6.45) is 4.40. The number of nitrogens with one attached hydrogen (secondary N) is 2. The molecule has 0 bridgehead atoms. The molecule has 10 nitrogen and oxygen atoms in total. The molecule has 1 fully saturated rings. The number of nitrogens with zero attached hydrogens (tertiary/aromatic N) is 6. The Kier molecular flexibility index (Phi) is 7.27. The molecule has 5 rings (SSSR count). The Morgan fingerprint density at radius 3 is 2.64 bits per heavy atom. The number of aliphatic hydroxyl groups is 1. The summed E-state index contributed by atoms with van der Waals surface area (Å²) >= 11 is 0. The quantitative estimate of drug-likeness (QED) is 0.296. The number of carbonyl (C=O) groups excluding carboxylic acids is 1. The van der Waals surface area contributed by atoms with Crippen LogP contribution in [-0.2, 0) is 4.79 Å². The highest BCUT2D eigenvalue weighted by atomic mass is 19.1. The number of carbonyl (C=O) groups is 1. The predicted octanol–water partition coefficient (Wildman–Crippen LogP) is 3.72. The van der Waals surface area contributed by atoms with Crippen molar-refractivity contribution in [3.05, 3.63) is 73.5 Å². The largest absolute Gasteiger partial charge is 0.389 e. The molecule has 202 valence electrons. The van der Waals surface area contributed by atoms with E-state index in [1.807, 2.05) is 18.2 Å². The maximum absolute atomic E-state index is 15.1.